The normalized spacial score (nSPS) is 11.9. The minimum absolute atomic E-state index is 0.0385. The van der Waals surface area contributed by atoms with Crippen LogP contribution >= 0.6 is 11.3 Å². The number of nitrogen functional groups attached to an aromatic ring is 1. The zero-order valence-electron chi connectivity index (χ0n) is 7.65. The maximum atomic E-state index is 12.1. The summed E-state index contributed by atoms with van der Waals surface area (Å²) in [6.07, 6.45) is -4.56. The average Bonchev–Trinajstić information content (AvgIpc) is 2.74. The van der Waals surface area contributed by atoms with Crippen LogP contribution < -0.4 is 5.73 Å². The summed E-state index contributed by atoms with van der Waals surface area (Å²) in [4.78, 5) is 7.07. The molecule has 0 spiro atoms. The Hall–Kier alpha value is -1.64. The van der Waals surface area contributed by atoms with Crippen molar-refractivity contribution < 1.29 is 17.7 Å². The second kappa shape index (κ2) is 3.74. The highest BCUT2D eigenvalue weighted by Gasteiger charge is 2.37. The van der Waals surface area contributed by atoms with Crippen molar-refractivity contribution in [2.24, 2.45) is 0 Å². The number of hydrogen-bond donors (Lipinski definition) is 1. The third kappa shape index (κ3) is 2.30. The van der Waals surface area contributed by atoms with Crippen molar-refractivity contribution in [1.82, 2.24) is 15.1 Å². The van der Waals surface area contributed by atoms with Crippen molar-refractivity contribution in [3.05, 3.63) is 22.8 Å². The fraction of sp³-hybridized carbons (Fsp3) is 0.286. The minimum Gasteiger partial charge on any atom is -0.375 e. The Morgan fingerprint density at radius 1 is 1.38 bits per heavy atom. The lowest BCUT2D eigenvalue weighted by Gasteiger charge is -1.95. The molecule has 2 aromatic rings. The minimum atomic E-state index is -4.59. The highest BCUT2D eigenvalue weighted by atomic mass is 32.1. The number of thiazole rings is 1. The van der Waals surface area contributed by atoms with Crippen LogP contribution in [0.15, 0.2) is 9.90 Å². The number of nitrogens with zero attached hydrogens (tertiary/aromatic N) is 3. The molecule has 16 heavy (non-hydrogen) atoms. The van der Waals surface area contributed by atoms with E-state index in [9.17, 15) is 13.2 Å². The van der Waals surface area contributed by atoms with E-state index in [1.54, 1.807) is 5.38 Å². The van der Waals surface area contributed by atoms with Gasteiger partial charge in [0.05, 0.1) is 12.1 Å². The summed E-state index contributed by atoms with van der Waals surface area (Å²) in [5.41, 5.74) is 5.87. The maximum absolute atomic E-state index is 12.1. The lowest BCUT2D eigenvalue weighted by atomic mass is 10.3. The zero-order chi connectivity index (χ0) is 11.8. The van der Waals surface area contributed by atoms with Gasteiger partial charge in [0.1, 0.15) is 0 Å². The quantitative estimate of drug-likeness (QED) is 0.877. The Morgan fingerprint density at radius 3 is 2.62 bits per heavy atom. The molecule has 0 bridgehead atoms. The number of aromatic nitrogens is 3. The zero-order valence-corrected chi connectivity index (χ0v) is 8.47. The van der Waals surface area contributed by atoms with E-state index in [1.165, 1.54) is 11.3 Å². The maximum Gasteiger partial charge on any atom is 0.455 e. The lowest BCUT2D eigenvalue weighted by molar-refractivity contribution is -0.146. The number of hydrogen-bond acceptors (Lipinski definition) is 6. The van der Waals surface area contributed by atoms with E-state index in [0.717, 1.165) is 0 Å². The molecule has 0 atom stereocenters. The van der Waals surface area contributed by atoms with Crippen LogP contribution in [0.3, 0.4) is 0 Å². The second-order valence-corrected chi connectivity index (χ2v) is 3.75. The van der Waals surface area contributed by atoms with Gasteiger partial charge in [0, 0.05) is 5.38 Å². The topological polar surface area (TPSA) is 77.8 Å². The van der Waals surface area contributed by atoms with E-state index < -0.39 is 12.0 Å². The van der Waals surface area contributed by atoms with Crippen molar-refractivity contribution in [1.29, 1.82) is 0 Å². The molecule has 0 aliphatic carbocycles. The molecule has 0 unspecified atom stereocenters. The Morgan fingerprint density at radius 2 is 2.12 bits per heavy atom. The van der Waals surface area contributed by atoms with Crippen LogP contribution in [-0.2, 0) is 12.6 Å². The molecule has 5 nitrogen and oxygen atoms in total. The SMILES string of the molecule is Nc1nc(Cc2nc(C(F)(F)F)no2)cs1. The van der Waals surface area contributed by atoms with Gasteiger partial charge in [-0.2, -0.15) is 18.2 Å². The van der Waals surface area contributed by atoms with Crippen LogP contribution in [0.5, 0.6) is 0 Å². The highest BCUT2D eigenvalue weighted by Crippen LogP contribution is 2.26. The predicted octanol–water partition coefficient (Wildman–Crippen LogP) is 1.72. The molecule has 0 aliphatic heterocycles. The summed E-state index contributed by atoms with van der Waals surface area (Å²) < 4.78 is 40.8. The van der Waals surface area contributed by atoms with Gasteiger partial charge in [-0.3, -0.25) is 0 Å². The van der Waals surface area contributed by atoms with Crippen LogP contribution in [0.1, 0.15) is 17.4 Å². The van der Waals surface area contributed by atoms with E-state index >= 15 is 0 Å². The molecule has 2 heterocycles. The summed E-state index contributed by atoms with van der Waals surface area (Å²) in [6, 6.07) is 0. The van der Waals surface area contributed by atoms with Gasteiger partial charge >= 0.3 is 6.18 Å². The smallest absolute Gasteiger partial charge is 0.375 e. The molecular weight excluding hydrogens is 245 g/mol. The van der Waals surface area contributed by atoms with Crippen molar-refractivity contribution in [2.75, 3.05) is 5.73 Å². The van der Waals surface area contributed by atoms with E-state index in [2.05, 4.69) is 19.6 Å². The Labute approximate surface area is 91.1 Å². The van der Waals surface area contributed by atoms with Crippen LogP contribution in [-0.4, -0.2) is 15.1 Å². The molecule has 0 saturated carbocycles. The fourth-order valence-corrected chi connectivity index (χ4v) is 1.56. The van der Waals surface area contributed by atoms with Crippen molar-refractivity contribution in [2.45, 2.75) is 12.6 Å². The van der Waals surface area contributed by atoms with E-state index in [0.29, 0.717) is 10.8 Å². The van der Waals surface area contributed by atoms with Gasteiger partial charge in [-0.25, -0.2) is 4.98 Å². The molecule has 2 rings (SSSR count). The standard InChI is InChI=1S/C7H5F3N4OS/c8-7(9,10)5-13-4(15-14-5)1-3-2-16-6(11)12-3/h2H,1H2,(H2,11,12). The van der Waals surface area contributed by atoms with E-state index in [1.807, 2.05) is 0 Å². The Bertz CT molecular complexity index is 492. The van der Waals surface area contributed by atoms with Gasteiger partial charge < -0.3 is 10.3 Å². The number of anilines is 1. The van der Waals surface area contributed by atoms with Crippen LogP contribution in [0.4, 0.5) is 18.3 Å². The molecule has 9 heteroatoms. The van der Waals surface area contributed by atoms with Crippen LogP contribution in [0.25, 0.3) is 0 Å². The summed E-state index contributed by atoms with van der Waals surface area (Å²) in [6.45, 7) is 0. The van der Waals surface area contributed by atoms with Crippen molar-refractivity contribution >= 4 is 16.5 Å². The third-order valence-electron chi connectivity index (χ3n) is 1.62. The largest absolute Gasteiger partial charge is 0.455 e. The van der Waals surface area contributed by atoms with Gasteiger partial charge in [0.25, 0.3) is 5.82 Å². The second-order valence-electron chi connectivity index (χ2n) is 2.86. The number of halogens is 3. The molecule has 0 aromatic carbocycles. The monoisotopic (exact) mass is 250 g/mol. The Balaban J connectivity index is 2.14. The first kappa shape index (κ1) is 10.9. The van der Waals surface area contributed by atoms with Gasteiger partial charge in [-0.15, -0.1) is 11.3 Å². The predicted molar refractivity (Wildman–Crippen MR) is 48.6 cm³/mol. The third-order valence-corrected chi connectivity index (χ3v) is 2.35. The number of rotatable bonds is 2. The van der Waals surface area contributed by atoms with Crippen molar-refractivity contribution in [3.63, 3.8) is 0 Å². The van der Waals surface area contributed by atoms with Crippen LogP contribution in [0, 0.1) is 0 Å². The first-order valence-electron chi connectivity index (χ1n) is 4.05. The molecule has 0 amide bonds. The van der Waals surface area contributed by atoms with Gasteiger partial charge in [0.15, 0.2) is 5.13 Å². The molecule has 86 valence electrons. The molecule has 0 saturated heterocycles. The molecular formula is C7H5F3N4OS. The van der Waals surface area contributed by atoms with Gasteiger partial charge in [-0.05, 0) is 0 Å². The van der Waals surface area contributed by atoms with Gasteiger partial charge in [0.2, 0.25) is 5.89 Å². The summed E-state index contributed by atoms with van der Waals surface area (Å²) in [5, 5.41) is 4.78. The molecule has 2 N–H and O–H groups in total. The van der Waals surface area contributed by atoms with E-state index in [-0.39, 0.29) is 12.3 Å². The summed E-state index contributed by atoms with van der Waals surface area (Å²) >= 11 is 1.19. The molecule has 2 aromatic heterocycles. The molecule has 0 aliphatic rings. The Kier molecular flexibility index (Phi) is 2.54. The van der Waals surface area contributed by atoms with E-state index in [4.69, 9.17) is 5.73 Å². The summed E-state index contributed by atoms with van der Waals surface area (Å²) in [7, 11) is 0. The summed E-state index contributed by atoms with van der Waals surface area (Å²) in [5.74, 6) is -1.43. The van der Waals surface area contributed by atoms with Crippen molar-refractivity contribution in [3.8, 4) is 0 Å². The first-order valence-corrected chi connectivity index (χ1v) is 4.93. The lowest BCUT2D eigenvalue weighted by Crippen LogP contribution is -2.07. The van der Waals surface area contributed by atoms with Gasteiger partial charge in [-0.1, -0.05) is 5.16 Å². The molecule has 0 fully saturated rings. The van der Waals surface area contributed by atoms with Crippen LogP contribution in [0.2, 0.25) is 0 Å². The fourth-order valence-electron chi connectivity index (χ4n) is 1.00. The number of alkyl halides is 3. The number of nitrogens with two attached hydrogens (primary N) is 1. The first-order chi connectivity index (χ1) is 7.45. The average molecular weight is 250 g/mol. The highest BCUT2D eigenvalue weighted by molar-refractivity contribution is 7.13. The molecule has 0 radical (unpaired) electrons.